The first-order chi connectivity index (χ1) is 11.3. The molecule has 0 spiro atoms. The van der Waals surface area contributed by atoms with E-state index >= 15 is 0 Å². The highest BCUT2D eigenvalue weighted by molar-refractivity contribution is 5.79. The van der Waals surface area contributed by atoms with Crippen molar-refractivity contribution in [3.05, 3.63) is 11.6 Å². The molecule has 0 aromatic heterocycles. The van der Waals surface area contributed by atoms with E-state index in [2.05, 4.69) is 23.6 Å². The van der Waals surface area contributed by atoms with Gasteiger partial charge in [-0.25, -0.2) is 0 Å². The summed E-state index contributed by atoms with van der Waals surface area (Å²) in [4.78, 5) is 4.90. The van der Waals surface area contributed by atoms with Crippen LogP contribution in [0.5, 0.6) is 0 Å². The van der Waals surface area contributed by atoms with E-state index in [-0.39, 0.29) is 0 Å². The van der Waals surface area contributed by atoms with Gasteiger partial charge in [0.2, 0.25) is 0 Å². The highest BCUT2D eigenvalue weighted by Crippen LogP contribution is 2.41. The number of ether oxygens (including phenoxy) is 1. The molecule has 1 saturated carbocycles. The Morgan fingerprint density at radius 2 is 2.09 bits per heavy atom. The maximum Gasteiger partial charge on any atom is 0.191 e. The lowest BCUT2D eigenvalue weighted by atomic mass is 9.83. The van der Waals surface area contributed by atoms with Crippen molar-refractivity contribution < 1.29 is 4.74 Å². The molecule has 23 heavy (non-hydrogen) atoms. The van der Waals surface area contributed by atoms with Crippen LogP contribution in [0.15, 0.2) is 16.6 Å². The fourth-order valence-corrected chi connectivity index (χ4v) is 3.83. The number of nitrogens with one attached hydrogen (secondary N) is 2. The molecule has 132 valence electrons. The van der Waals surface area contributed by atoms with Gasteiger partial charge < -0.3 is 15.4 Å². The molecule has 0 radical (unpaired) electrons. The summed E-state index contributed by atoms with van der Waals surface area (Å²) in [7, 11) is 1.80. The summed E-state index contributed by atoms with van der Waals surface area (Å²) in [5.41, 5.74) is 1.98. The first-order valence-electron chi connectivity index (χ1n) is 9.47. The van der Waals surface area contributed by atoms with E-state index in [1.165, 1.54) is 44.9 Å². The molecule has 1 fully saturated rings. The third kappa shape index (κ3) is 6.17. The van der Waals surface area contributed by atoms with Crippen molar-refractivity contribution in [3.8, 4) is 0 Å². The SMILES string of the molecule is CCNC(=NCC1(CCOC)CCCC1)NCCC1=CCCC1. The summed E-state index contributed by atoms with van der Waals surface area (Å²) in [6.45, 7) is 5.82. The van der Waals surface area contributed by atoms with Crippen LogP contribution in [-0.2, 0) is 4.74 Å². The zero-order valence-electron chi connectivity index (χ0n) is 15.1. The molecule has 0 bridgehead atoms. The third-order valence-corrected chi connectivity index (χ3v) is 5.29. The molecule has 0 aromatic rings. The average Bonchev–Trinajstić information content (AvgIpc) is 3.23. The number of aliphatic imine (C=N–C) groups is 1. The lowest BCUT2D eigenvalue weighted by Crippen LogP contribution is -2.39. The molecule has 0 aromatic carbocycles. The summed E-state index contributed by atoms with van der Waals surface area (Å²) in [6, 6.07) is 0. The predicted octanol–water partition coefficient (Wildman–Crippen LogP) is 3.64. The fraction of sp³-hybridized carbons (Fsp3) is 0.842. The maximum atomic E-state index is 5.32. The van der Waals surface area contributed by atoms with Crippen molar-refractivity contribution in [3.63, 3.8) is 0 Å². The molecule has 0 heterocycles. The van der Waals surface area contributed by atoms with E-state index in [0.717, 1.165) is 45.0 Å². The quantitative estimate of drug-likeness (QED) is 0.387. The Hall–Kier alpha value is -1.03. The summed E-state index contributed by atoms with van der Waals surface area (Å²) in [6.07, 6.45) is 13.9. The Labute approximate surface area is 142 Å². The van der Waals surface area contributed by atoms with E-state index in [9.17, 15) is 0 Å². The van der Waals surface area contributed by atoms with Gasteiger partial charge in [0.15, 0.2) is 5.96 Å². The van der Waals surface area contributed by atoms with Gasteiger partial charge in [-0.05, 0) is 57.3 Å². The van der Waals surface area contributed by atoms with Crippen molar-refractivity contribution in [2.24, 2.45) is 10.4 Å². The molecular weight excluding hydrogens is 286 g/mol. The molecule has 0 saturated heterocycles. The monoisotopic (exact) mass is 321 g/mol. The van der Waals surface area contributed by atoms with Crippen molar-refractivity contribution >= 4 is 5.96 Å². The molecule has 0 amide bonds. The standard InChI is InChI=1S/C19H35N3O/c1-3-20-18(21-14-10-17-8-4-5-9-17)22-16-19(13-15-23-2)11-6-7-12-19/h8H,3-7,9-16H2,1-2H3,(H2,20,21,22). The first-order valence-corrected chi connectivity index (χ1v) is 9.47. The van der Waals surface area contributed by atoms with E-state index < -0.39 is 0 Å². The third-order valence-electron chi connectivity index (χ3n) is 5.29. The van der Waals surface area contributed by atoms with Crippen molar-refractivity contribution in [2.45, 2.75) is 64.7 Å². The van der Waals surface area contributed by atoms with Crippen LogP contribution in [0.4, 0.5) is 0 Å². The number of allylic oxidation sites excluding steroid dienone is 1. The highest BCUT2D eigenvalue weighted by atomic mass is 16.5. The number of methoxy groups -OCH3 is 1. The average molecular weight is 322 g/mol. The smallest absolute Gasteiger partial charge is 0.191 e. The van der Waals surface area contributed by atoms with Gasteiger partial charge in [-0.2, -0.15) is 0 Å². The van der Waals surface area contributed by atoms with E-state index in [1.807, 2.05) is 0 Å². The van der Waals surface area contributed by atoms with Gasteiger partial charge in [0, 0.05) is 33.4 Å². The van der Waals surface area contributed by atoms with Gasteiger partial charge in [-0.1, -0.05) is 24.5 Å². The second-order valence-corrected chi connectivity index (χ2v) is 7.08. The first kappa shape index (κ1) is 18.3. The molecule has 0 unspecified atom stereocenters. The fourth-order valence-electron chi connectivity index (χ4n) is 3.83. The second kappa shape index (κ2) is 9.96. The summed E-state index contributed by atoms with van der Waals surface area (Å²) in [5, 5.41) is 6.91. The lowest BCUT2D eigenvalue weighted by Gasteiger charge is -2.27. The highest BCUT2D eigenvalue weighted by Gasteiger charge is 2.33. The maximum absolute atomic E-state index is 5.32. The lowest BCUT2D eigenvalue weighted by molar-refractivity contribution is 0.141. The van der Waals surface area contributed by atoms with E-state index in [4.69, 9.17) is 9.73 Å². The van der Waals surface area contributed by atoms with Crippen LogP contribution < -0.4 is 10.6 Å². The Bertz CT molecular complexity index is 397. The van der Waals surface area contributed by atoms with Crippen LogP contribution >= 0.6 is 0 Å². The Kier molecular flexibility index (Phi) is 7.93. The zero-order chi connectivity index (χ0) is 16.4. The molecule has 2 aliphatic carbocycles. The number of hydrogen-bond donors (Lipinski definition) is 2. The van der Waals surface area contributed by atoms with Gasteiger partial charge in [0.05, 0.1) is 0 Å². The largest absolute Gasteiger partial charge is 0.385 e. The minimum Gasteiger partial charge on any atom is -0.385 e. The molecule has 0 atom stereocenters. The van der Waals surface area contributed by atoms with Gasteiger partial charge in [0.25, 0.3) is 0 Å². The van der Waals surface area contributed by atoms with Crippen LogP contribution in [0, 0.1) is 5.41 Å². The van der Waals surface area contributed by atoms with Crippen molar-refractivity contribution in [1.82, 2.24) is 10.6 Å². The number of rotatable bonds is 9. The van der Waals surface area contributed by atoms with Gasteiger partial charge in [0.1, 0.15) is 0 Å². The van der Waals surface area contributed by atoms with Crippen molar-refractivity contribution in [2.75, 3.05) is 33.4 Å². The minimum atomic E-state index is 0.367. The van der Waals surface area contributed by atoms with E-state index in [0.29, 0.717) is 5.41 Å². The topological polar surface area (TPSA) is 45.7 Å². The molecule has 2 rings (SSSR count). The van der Waals surface area contributed by atoms with Gasteiger partial charge in [-0.15, -0.1) is 0 Å². The summed E-state index contributed by atoms with van der Waals surface area (Å²) >= 11 is 0. The molecule has 2 aliphatic rings. The molecule has 4 nitrogen and oxygen atoms in total. The molecule has 2 N–H and O–H groups in total. The normalized spacial score (nSPS) is 20.6. The summed E-state index contributed by atoms with van der Waals surface area (Å²) < 4.78 is 5.32. The van der Waals surface area contributed by atoms with Crippen LogP contribution in [-0.4, -0.2) is 39.3 Å². The molecule has 0 aliphatic heterocycles. The van der Waals surface area contributed by atoms with E-state index in [1.54, 1.807) is 12.7 Å². The number of nitrogens with zero attached hydrogens (tertiary/aromatic N) is 1. The second-order valence-electron chi connectivity index (χ2n) is 7.08. The van der Waals surface area contributed by atoms with Crippen LogP contribution in [0.25, 0.3) is 0 Å². The molecule has 4 heteroatoms. The Morgan fingerprint density at radius 3 is 2.74 bits per heavy atom. The van der Waals surface area contributed by atoms with Crippen LogP contribution in [0.2, 0.25) is 0 Å². The Balaban J connectivity index is 1.83. The number of guanidine groups is 1. The predicted molar refractivity (Wildman–Crippen MR) is 97.9 cm³/mol. The summed E-state index contributed by atoms with van der Waals surface area (Å²) in [5.74, 6) is 0.981. The van der Waals surface area contributed by atoms with Crippen LogP contribution in [0.3, 0.4) is 0 Å². The number of hydrogen-bond acceptors (Lipinski definition) is 2. The minimum absolute atomic E-state index is 0.367. The van der Waals surface area contributed by atoms with Crippen molar-refractivity contribution in [1.29, 1.82) is 0 Å². The zero-order valence-corrected chi connectivity index (χ0v) is 15.1. The van der Waals surface area contributed by atoms with Gasteiger partial charge in [-0.3, -0.25) is 4.99 Å². The molecular formula is C19H35N3O. The van der Waals surface area contributed by atoms with Crippen LogP contribution in [0.1, 0.15) is 64.7 Å². The van der Waals surface area contributed by atoms with Gasteiger partial charge >= 0.3 is 0 Å². The Morgan fingerprint density at radius 1 is 1.26 bits per heavy atom.